The van der Waals surface area contributed by atoms with Gasteiger partial charge in [-0.25, -0.2) is 4.39 Å². The molecule has 0 radical (unpaired) electrons. The third kappa shape index (κ3) is 4.37. The highest BCUT2D eigenvalue weighted by Crippen LogP contribution is 2.43. The van der Waals surface area contributed by atoms with Crippen LogP contribution in [0.2, 0.25) is 0 Å². The van der Waals surface area contributed by atoms with Crippen LogP contribution in [0.5, 0.6) is 0 Å². The third-order valence-corrected chi connectivity index (χ3v) is 4.22. The van der Waals surface area contributed by atoms with E-state index in [0.29, 0.717) is 0 Å². The van der Waals surface area contributed by atoms with Crippen LogP contribution in [-0.2, 0) is 21.4 Å². The van der Waals surface area contributed by atoms with Gasteiger partial charge in [-0.2, -0.15) is 13.2 Å². The lowest BCUT2D eigenvalue weighted by molar-refractivity contribution is -0.141. The van der Waals surface area contributed by atoms with Crippen molar-refractivity contribution in [3.63, 3.8) is 0 Å². The number of rotatable bonds is 4. The van der Waals surface area contributed by atoms with Crippen LogP contribution in [0.3, 0.4) is 0 Å². The van der Waals surface area contributed by atoms with E-state index in [1.54, 1.807) is 0 Å². The molecule has 0 bridgehead atoms. The smallest absolute Gasteiger partial charge is 0.343 e. The minimum Gasteiger partial charge on any atom is -0.343 e. The van der Waals surface area contributed by atoms with Crippen molar-refractivity contribution in [2.24, 2.45) is 0 Å². The highest BCUT2D eigenvalue weighted by Gasteiger charge is 2.44. The van der Waals surface area contributed by atoms with E-state index < -0.39 is 34.8 Å². The summed E-state index contributed by atoms with van der Waals surface area (Å²) in [5.74, 6) is -0.925. The SMILES string of the molecule is C=CC(=O)NCC(=O)N1CCC(F)(c2ccccc2C(F)(F)F)CC1. The quantitative estimate of drug-likeness (QED) is 0.665. The highest BCUT2D eigenvalue weighted by molar-refractivity contribution is 5.90. The van der Waals surface area contributed by atoms with E-state index in [4.69, 9.17) is 0 Å². The summed E-state index contributed by atoms with van der Waals surface area (Å²) in [6.45, 7) is 2.95. The van der Waals surface area contributed by atoms with Gasteiger partial charge in [-0.05, 0) is 12.1 Å². The number of alkyl halides is 4. The lowest BCUT2D eigenvalue weighted by Crippen LogP contribution is -2.47. The van der Waals surface area contributed by atoms with Crippen LogP contribution < -0.4 is 5.32 Å². The van der Waals surface area contributed by atoms with Crippen molar-refractivity contribution in [1.82, 2.24) is 10.2 Å². The normalized spacial score (nSPS) is 17.0. The van der Waals surface area contributed by atoms with E-state index in [2.05, 4.69) is 11.9 Å². The van der Waals surface area contributed by atoms with Crippen LogP contribution in [-0.4, -0.2) is 36.3 Å². The molecule has 1 aliphatic heterocycles. The fourth-order valence-electron chi connectivity index (χ4n) is 2.85. The van der Waals surface area contributed by atoms with Gasteiger partial charge in [-0.15, -0.1) is 0 Å². The standard InChI is InChI=1S/C17H18F4N2O2/c1-2-14(24)22-11-15(25)23-9-7-16(18,8-10-23)12-5-3-4-6-13(12)17(19,20)21/h2-6H,1,7-11H2,(H,22,24). The molecule has 0 aromatic heterocycles. The predicted octanol–water partition coefficient (Wildman–Crippen LogP) is 2.79. The van der Waals surface area contributed by atoms with Crippen molar-refractivity contribution in [2.75, 3.05) is 19.6 Å². The molecule has 1 fully saturated rings. The van der Waals surface area contributed by atoms with Crippen LogP contribution in [0.25, 0.3) is 0 Å². The molecule has 2 amide bonds. The summed E-state index contributed by atoms with van der Waals surface area (Å²) in [5.41, 5.74) is -3.53. The first kappa shape index (κ1) is 19.0. The molecule has 1 saturated heterocycles. The summed E-state index contributed by atoms with van der Waals surface area (Å²) in [6.07, 6.45) is -4.09. The molecule has 1 aliphatic rings. The van der Waals surface area contributed by atoms with Gasteiger partial charge in [0.15, 0.2) is 0 Å². The molecule has 0 saturated carbocycles. The topological polar surface area (TPSA) is 49.4 Å². The van der Waals surface area contributed by atoms with E-state index in [9.17, 15) is 22.8 Å². The maximum Gasteiger partial charge on any atom is 0.416 e. The highest BCUT2D eigenvalue weighted by atomic mass is 19.4. The van der Waals surface area contributed by atoms with Crippen LogP contribution in [0.4, 0.5) is 17.6 Å². The van der Waals surface area contributed by atoms with E-state index in [1.165, 1.54) is 17.0 Å². The Morgan fingerprint density at radius 2 is 1.84 bits per heavy atom. The number of amides is 2. The first-order valence-electron chi connectivity index (χ1n) is 7.71. The van der Waals surface area contributed by atoms with Gasteiger partial charge in [-0.3, -0.25) is 9.59 Å². The summed E-state index contributed by atoms with van der Waals surface area (Å²) >= 11 is 0. The molecule has 0 atom stereocenters. The zero-order valence-electron chi connectivity index (χ0n) is 13.4. The van der Waals surface area contributed by atoms with Gasteiger partial charge in [0.25, 0.3) is 0 Å². The Morgan fingerprint density at radius 1 is 1.24 bits per heavy atom. The van der Waals surface area contributed by atoms with Crippen molar-refractivity contribution < 1.29 is 27.2 Å². The van der Waals surface area contributed by atoms with E-state index >= 15 is 4.39 Å². The van der Waals surface area contributed by atoms with Gasteiger partial charge in [0.2, 0.25) is 11.8 Å². The fourth-order valence-corrected chi connectivity index (χ4v) is 2.85. The molecule has 0 aliphatic carbocycles. The number of benzene rings is 1. The summed E-state index contributed by atoms with van der Waals surface area (Å²) in [7, 11) is 0. The lowest BCUT2D eigenvalue weighted by atomic mass is 9.83. The monoisotopic (exact) mass is 358 g/mol. The first-order chi connectivity index (χ1) is 11.7. The maximum absolute atomic E-state index is 15.2. The average molecular weight is 358 g/mol. The summed E-state index contributed by atoms with van der Waals surface area (Å²) in [4.78, 5) is 24.3. The number of halogens is 4. The third-order valence-electron chi connectivity index (χ3n) is 4.22. The minimum absolute atomic E-state index is 0.0223. The second kappa shape index (κ2) is 7.25. The molecule has 1 heterocycles. The molecule has 4 nitrogen and oxygen atoms in total. The minimum atomic E-state index is -4.64. The lowest BCUT2D eigenvalue weighted by Gasteiger charge is -2.37. The number of carbonyl (C=O) groups excluding carboxylic acids is 2. The average Bonchev–Trinajstić information content (AvgIpc) is 2.59. The van der Waals surface area contributed by atoms with Crippen LogP contribution in [0.1, 0.15) is 24.0 Å². The van der Waals surface area contributed by atoms with Gasteiger partial charge >= 0.3 is 6.18 Å². The number of hydrogen-bond acceptors (Lipinski definition) is 2. The van der Waals surface area contributed by atoms with Crippen LogP contribution in [0.15, 0.2) is 36.9 Å². The fraction of sp³-hybridized carbons (Fsp3) is 0.412. The molecule has 8 heteroatoms. The zero-order valence-corrected chi connectivity index (χ0v) is 13.4. The van der Waals surface area contributed by atoms with E-state index in [-0.39, 0.29) is 32.5 Å². The number of likely N-dealkylation sites (tertiary alicyclic amines) is 1. The Bertz CT molecular complexity index is 665. The van der Waals surface area contributed by atoms with Gasteiger partial charge in [0.05, 0.1) is 12.1 Å². The van der Waals surface area contributed by atoms with Gasteiger partial charge in [-0.1, -0.05) is 24.8 Å². The molecule has 136 valence electrons. The predicted molar refractivity (Wildman–Crippen MR) is 83.3 cm³/mol. The first-order valence-corrected chi connectivity index (χ1v) is 7.71. The van der Waals surface area contributed by atoms with E-state index in [1.807, 2.05) is 0 Å². The number of hydrogen-bond donors (Lipinski definition) is 1. The van der Waals surface area contributed by atoms with Gasteiger partial charge in [0.1, 0.15) is 5.67 Å². The summed E-state index contributed by atoms with van der Waals surface area (Å²) in [5, 5.41) is 2.32. The Morgan fingerprint density at radius 3 is 2.40 bits per heavy atom. The molecule has 0 spiro atoms. The number of nitrogens with zero attached hydrogens (tertiary/aromatic N) is 1. The van der Waals surface area contributed by atoms with Crippen LogP contribution >= 0.6 is 0 Å². The Balaban J connectivity index is 2.07. The van der Waals surface area contributed by atoms with Crippen molar-refractivity contribution in [1.29, 1.82) is 0 Å². The molecular weight excluding hydrogens is 340 g/mol. The second-order valence-corrected chi connectivity index (χ2v) is 5.81. The maximum atomic E-state index is 15.2. The van der Waals surface area contributed by atoms with Gasteiger partial charge < -0.3 is 10.2 Å². The van der Waals surface area contributed by atoms with Crippen LogP contribution in [0, 0.1) is 0 Å². The molecule has 1 aromatic rings. The number of carbonyl (C=O) groups is 2. The Kier molecular flexibility index (Phi) is 5.49. The molecule has 25 heavy (non-hydrogen) atoms. The second-order valence-electron chi connectivity index (χ2n) is 5.81. The van der Waals surface area contributed by atoms with Crippen molar-refractivity contribution in [3.05, 3.63) is 48.0 Å². The molecule has 1 N–H and O–H groups in total. The van der Waals surface area contributed by atoms with Gasteiger partial charge in [0, 0.05) is 31.5 Å². The molecule has 0 unspecified atom stereocenters. The molecular formula is C17H18F4N2O2. The summed E-state index contributed by atoms with van der Waals surface area (Å²) in [6, 6.07) is 4.59. The Labute approximate surface area is 142 Å². The van der Waals surface area contributed by atoms with Crippen molar-refractivity contribution in [3.8, 4) is 0 Å². The van der Waals surface area contributed by atoms with E-state index in [0.717, 1.165) is 18.2 Å². The summed E-state index contributed by atoms with van der Waals surface area (Å²) < 4.78 is 54.5. The Hall–Kier alpha value is -2.38. The zero-order chi connectivity index (χ0) is 18.7. The van der Waals surface area contributed by atoms with Crippen molar-refractivity contribution >= 4 is 11.8 Å². The van der Waals surface area contributed by atoms with Crippen molar-refractivity contribution in [2.45, 2.75) is 24.7 Å². The largest absolute Gasteiger partial charge is 0.416 e. The molecule has 2 rings (SSSR count). The molecule has 1 aromatic carbocycles. The number of piperidine rings is 1. The number of nitrogens with one attached hydrogen (secondary N) is 1.